The van der Waals surface area contributed by atoms with Gasteiger partial charge < -0.3 is 5.11 Å². The van der Waals surface area contributed by atoms with Crippen molar-refractivity contribution in [3.63, 3.8) is 0 Å². The van der Waals surface area contributed by atoms with E-state index in [0.717, 1.165) is 16.3 Å². The predicted molar refractivity (Wildman–Crippen MR) is 28.5 cm³/mol. The number of hydrogen-bond donors (Lipinski definition) is 0. The van der Waals surface area contributed by atoms with Crippen molar-refractivity contribution in [2.75, 3.05) is 0 Å². The van der Waals surface area contributed by atoms with E-state index in [4.69, 9.17) is 0 Å². The lowest BCUT2D eigenvalue weighted by atomic mass is 10.8. The molecule has 0 saturated heterocycles. The van der Waals surface area contributed by atoms with Gasteiger partial charge in [-0.05, 0) is 0 Å². The van der Waals surface area contributed by atoms with Crippen molar-refractivity contribution in [2.45, 2.75) is 0 Å². The molecule has 0 aromatic heterocycles. The quantitative estimate of drug-likeness (QED) is 0.423. The number of carbonyl (C=O) groups is 1. The molecule has 1 amide bonds. The van der Waals surface area contributed by atoms with Gasteiger partial charge in [-0.15, -0.1) is 4.58 Å². The Balaban J connectivity index is 2.89. The highest BCUT2D eigenvalue weighted by Crippen LogP contribution is 2.16. The number of carbonyl (C=O) groups excluding carboxylic acids is 1. The highest BCUT2D eigenvalue weighted by atomic mass is 32.2. The summed E-state index contributed by atoms with van der Waals surface area (Å²) in [6.07, 6.45) is 0. The molecule has 0 aliphatic carbocycles. The molecule has 1 rings (SSSR count). The van der Waals surface area contributed by atoms with Gasteiger partial charge in [0.15, 0.2) is 5.88 Å². The smallest absolute Gasteiger partial charge is 0.457 e. The maximum absolute atomic E-state index is 10.4. The first-order valence-corrected chi connectivity index (χ1v) is 2.78. The van der Waals surface area contributed by atoms with Crippen molar-refractivity contribution in [3.05, 3.63) is 11.3 Å². The maximum atomic E-state index is 10.4. The van der Waals surface area contributed by atoms with Gasteiger partial charge in [-0.2, -0.15) is 0 Å². The van der Waals surface area contributed by atoms with Gasteiger partial charge in [0.05, 0.1) is 0 Å². The Morgan fingerprint density at radius 3 is 2.62 bits per heavy atom. The van der Waals surface area contributed by atoms with Crippen LogP contribution in [0.15, 0.2) is 11.3 Å². The fourth-order valence-corrected chi connectivity index (χ4v) is 0.864. The third-order valence-corrected chi connectivity index (χ3v) is 1.49. The second-order valence-electron chi connectivity index (χ2n) is 1.27. The summed E-state index contributed by atoms with van der Waals surface area (Å²) in [5, 5.41) is 11.3. The molecular weight excluding hydrogens is 126 g/mol. The van der Waals surface area contributed by atoms with Crippen LogP contribution in [0.25, 0.3) is 0 Å². The Labute approximate surface area is 50.3 Å². The Hall–Kier alpha value is -0.770. The minimum absolute atomic E-state index is 0.310. The number of rotatable bonds is 0. The Bertz CT molecular complexity index is 184. The minimum atomic E-state index is -0.333. The number of nitrogens with zero attached hydrogens (tertiary/aromatic N) is 1. The van der Waals surface area contributed by atoms with E-state index in [1.54, 1.807) is 0 Å². The van der Waals surface area contributed by atoms with E-state index >= 15 is 0 Å². The maximum Gasteiger partial charge on any atom is 0.457 e. The van der Waals surface area contributed by atoms with E-state index in [-0.39, 0.29) is 11.1 Å². The van der Waals surface area contributed by atoms with Crippen LogP contribution in [0.4, 0.5) is 4.79 Å². The largest absolute Gasteiger partial charge is 0.822 e. The third-order valence-electron chi connectivity index (χ3n) is 0.747. The lowest BCUT2D eigenvalue weighted by molar-refractivity contribution is -0.526. The SMILES string of the molecule is C=[N+]1C(=O)SC=C1[O-]. The van der Waals surface area contributed by atoms with E-state index in [9.17, 15) is 9.90 Å². The van der Waals surface area contributed by atoms with E-state index in [1.807, 2.05) is 0 Å². The molecule has 0 atom stereocenters. The number of hydrogen-bond acceptors (Lipinski definition) is 3. The molecule has 42 valence electrons. The van der Waals surface area contributed by atoms with Crippen molar-refractivity contribution >= 4 is 23.7 Å². The van der Waals surface area contributed by atoms with E-state index in [0.29, 0.717) is 0 Å². The Morgan fingerprint density at radius 1 is 1.88 bits per heavy atom. The zero-order valence-electron chi connectivity index (χ0n) is 3.96. The molecule has 0 fully saturated rings. The topological polar surface area (TPSA) is 43.1 Å². The molecule has 0 saturated carbocycles. The summed E-state index contributed by atoms with van der Waals surface area (Å²) >= 11 is 0.863. The predicted octanol–water partition coefficient (Wildman–Crippen LogP) is -0.275. The summed E-state index contributed by atoms with van der Waals surface area (Å²) in [7, 11) is 0. The molecule has 0 radical (unpaired) electrons. The van der Waals surface area contributed by atoms with Crippen LogP contribution in [0, 0.1) is 0 Å². The third kappa shape index (κ3) is 0.626. The molecule has 1 aliphatic rings. The normalized spacial score (nSPS) is 19.2. The molecule has 1 aliphatic heterocycles. The van der Waals surface area contributed by atoms with Crippen molar-refractivity contribution in [1.29, 1.82) is 0 Å². The minimum Gasteiger partial charge on any atom is -0.822 e. The van der Waals surface area contributed by atoms with Crippen LogP contribution in [0.2, 0.25) is 0 Å². The zero-order valence-corrected chi connectivity index (χ0v) is 4.77. The van der Waals surface area contributed by atoms with Gasteiger partial charge in [0.2, 0.25) is 0 Å². The molecule has 0 aromatic carbocycles. The Morgan fingerprint density at radius 2 is 2.50 bits per heavy atom. The van der Waals surface area contributed by atoms with E-state index < -0.39 is 0 Å². The van der Waals surface area contributed by atoms with Crippen molar-refractivity contribution in [2.24, 2.45) is 0 Å². The molecule has 3 nitrogen and oxygen atoms in total. The summed E-state index contributed by atoms with van der Waals surface area (Å²) in [4.78, 5) is 10.4. The molecule has 0 aromatic rings. The molecule has 0 unspecified atom stereocenters. The van der Waals surface area contributed by atoms with Crippen LogP contribution in [-0.4, -0.2) is 16.5 Å². The molecule has 0 spiro atoms. The van der Waals surface area contributed by atoms with Crippen molar-refractivity contribution < 1.29 is 14.5 Å². The number of thioether (sulfide) groups is 1. The second kappa shape index (κ2) is 1.63. The van der Waals surface area contributed by atoms with Crippen LogP contribution in [0.3, 0.4) is 0 Å². The van der Waals surface area contributed by atoms with Crippen LogP contribution < -0.4 is 5.11 Å². The average molecular weight is 129 g/mol. The highest BCUT2D eigenvalue weighted by Gasteiger charge is 2.20. The molecule has 8 heavy (non-hydrogen) atoms. The lowest BCUT2D eigenvalue weighted by Crippen LogP contribution is -2.17. The average Bonchev–Trinajstić information content (AvgIpc) is 1.98. The summed E-state index contributed by atoms with van der Waals surface area (Å²) < 4.78 is 0.824. The van der Waals surface area contributed by atoms with Gasteiger partial charge in [0.25, 0.3) is 0 Å². The van der Waals surface area contributed by atoms with Crippen LogP contribution >= 0.6 is 11.8 Å². The van der Waals surface area contributed by atoms with Crippen molar-refractivity contribution in [1.82, 2.24) is 0 Å². The van der Waals surface area contributed by atoms with Crippen LogP contribution in [0.5, 0.6) is 0 Å². The fraction of sp³-hybridized carbons (Fsp3) is 0. The summed E-state index contributed by atoms with van der Waals surface area (Å²) in [5.41, 5.74) is 0. The number of amides is 1. The highest BCUT2D eigenvalue weighted by molar-refractivity contribution is 8.15. The van der Waals surface area contributed by atoms with Crippen molar-refractivity contribution in [3.8, 4) is 0 Å². The van der Waals surface area contributed by atoms with Crippen LogP contribution in [0.1, 0.15) is 0 Å². The van der Waals surface area contributed by atoms with E-state index in [2.05, 4.69) is 6.72 Å². The van der Waals surface area contributed by atoms with Gasteiger partial charge in [0, 0.05) is 17.2 Å². The first-order valence-electron chi connectivity index (χ1n) is 1.90. The molecule has 1 heterocycles. The van der Waals surface area contributed by atoms with Gasteiger partial charge in [-0.3, -0.25) is 0 Å². The van der Waals surface area contributed by atoms with Crippen LogP contribution in [-0.2, 0) is 0 Å². The first kappa shape index (κ1) is 5.37. The van der Waals surface area contributed by atoms with E-state index in [1.165, 1.54) is 5.41 Å². The summed E-state index contributed by atoms with van der Waals surface area (Å²) in [6, 6.07) is 0. The standard InChI is InChI=1S/C4H3NO2S/c1-5-3(6)2-8-4(5)7/h2H,1H2. The molecule has 4 heteroatoms. The fourth-order valence-electron chi connectivity index (χ4n) is 0.318. The summed E-state index contributed by atoms with van der Waals surface area (Å²) in [5.74, 6) is -0.333. The second-order valence-corrected chi connectivity index (χ2v) is 2.09. The first-order chi connectivity index (χ1) is 3.72. The molecule has 0 N–H and O–H groups in total. The molecule has 0 bridgehead atoms. The lowest BCUT2D eigenvalue weighted by Gasteiger charge is -1.93. The van der Waals surface area contributed by atoms with Gasteiger partial charge in [-0.1, -0.05) is 0 Å². The van der Waals surface area contributed by atoms with Gasteiger partial charge in [-0.25, -0.2) is 4.79 Å². The zero-order chi connectivity index (χ0) is 6.15. The monoisotopic (exact) mass is 129 g/mol. The summed E-state index contributed by atoms with van der Waals surface area (Å²) in [6.45, 7) is 3.18. The molecular formula is C4H3NO2S. The van der Waals surface area contributed by atoms with Gasteiger partial charge in [0.1, 0.15) is 6.72 Å². The Kier molecular flexibility index (Phi) is 1.09. The van der Waals surface area contributed by atoms with Gasteiger partial charge >= 0.3 is 5.24 Å².